The van der Waals surface area contributed by atoms with Crippen LogP contribution in [0.1, 0.15) is 0 Å². The van der Waals surface area contributed by atoms with E-state index in [0.29, 0.717) is 16.8 Å². The fourth-order valence-electron chi connectivity index (χ4n) is 1.43. The molecule has 1 aromatic heterocycles. The van der Waals surface area contributed by atoms with Crippen molar-refractivity contribution in [1.82, 2.24) is 4.57 Å². The van der Waals surface area contributed by atoms with Crippen molar-refractivity contribution in [3.05, 3.63) is 28.7 Å². The van der Waals surface area contributed by atoms with Gasteiger partial charge in [-0.15, -0.1) is 0 Å². The average Bonchev–Trinajstić information content (AvgIpc) is 2.53. The van der Waals surface area contributed by atoms with Crippen LogP contribution in [0.5, 0.6) is 0 Å². The Kier molecular flexibility index (Phi) is 2.51. The van der Waals surface area contributed by atoms with Crippen molar-refractivity contribution in [3.63, 3.8) is 0 Å². The van der Waals surface area contributed by atoms with Gasteiger partial charge in [0.1, 0.15) is 0 Å². The van der Waals surface area contributed by atoms with Crippen LogP contribution in [0.3, 0.4) is 0 Å². The van der Waals surface area contributed by atoms with E-state index in [1.165, 1.54) is 9.47 Å². The highest BCUT2D eigenvalue weighted by Gasteiger charge is 2.10. The molecule has 2 rings (SSSR count). The molecule has 5 nitrogen and oxygen atoms in total. The first kappa shape index (κ1) is 10.8. The van der Waals surface area contributed by atoms with Gasteiger partial charge in [-0.1, -0.05) is 12.6 Å². The Bertz CT molecular complexity index is 614. The summed E-state index contributed by atoms with van der Waals surface area (Å²) in [6.07, 6.45) is 0. The van der Waals surface area contributed by atoms with Crippen molar-refractivity contribution < 1.29 is 9.21 Å². The number of amides is 1. The lowest BCUT2D eigenvalue weighted by molar-refractivity contribution is 0.266. The third-order valence-corrected chi connectivity index (χ3v) is 2.75. The van der Waals surface area contributed by atoms with E-state index in [0.717, 1.165) is 0 Å². The molecule has 0 atom stereocenters. The molecule has 0 aliphatic heterocycles. The zero-order chi connectivity index (χ0) is 11.9. The highest BCUT2D eigenvalue weighted by Crippen LogP contribution is 2.21. The number of nitrogens with zero attached hydrogens (tertiary/aromatic N) is 2. The predicted octanol–water partition coefficient (Wildman–Crippen LogP) is 1.62. The average molecular weight is 238 g/mol. The minimum absolute atomic E-state index is 0.368. The topological polar surface area (TPSA) is 55.5 Å². The summed E-state index contributed by atoms with van der Waals surface area (Å²) in [6, 6.07) is 5.05. The molecule has 0 spiro atoms. The van der Waals surface area contributed by atoms with Crippen LogP contribution in [0.15, 0.2) is 27.4 Å². The van der Waals surface area contributed by atoms with E-state index < -0.39 is 5.76 Å². The molecule has 0 aliphatic carbocycles. The molecule has 0 N–H and O–H groups in total. The van der Waals surface area contributed by atoms with Crippen molar-refractivity contribution in [1.29, 1.82) is 0 Å². The van der Waals surface area contributed by atoms with Gasteiger partial charge in [0.15, 0.2) is 5.58 Å². The number of fused-ring (bicyclic) bond motifs is 1. The molecule has 6 heteroatoms. The van der Waals surface area contributed by atoms with Crippen LogP contribution in [-0.2, 0) is 7.05 Å². The lowest BCUT2D eigenvalue weighted by Gasteiger charge is -2.13. The number of benzene rings is 1. The van der Waals surface area contributed by atoms with Crippen LogP contribution in [0.2, 0.25) is 0 Å². The number of hydrogen-bond donors (Lipinski definition) is 1. The maximum Gasteiger partial charge on any atom is 0.419 e. The fraction of sp³-hybridized carbons (Fsp3) is 0.200. The van der Waals surface area contributed by atoms with Gasteiger partial charge in [-0.05, 0) is 18.2 Å². The van der Waals surface area contributed by atoms with Gasteiger partial charge >= 0.3 is 5.76 Å². The van der Waals surface area contributed by atoms with Gasteiger partial charge < -0.3 is 9.32 Å². The van der Waals surface area contributed by atoms with Gasteiger partial charge in [0.25, 0.3) is 5.24 Å². The van der Waals surface area contributed by atoms with Crippen LogP contribution in [0, 0.1) is 0 Å². The number of carbonyl (C=O) groups excluding carboxylic acids is 1. The molecule has 0 unspecified atom stereocenters. The number of rotatable bonds is 1. The lowest BCUT2D eigenvalue weighted by atomic mass is 10.2. The van der Waals surface area contributed by atoms with E-state index in [2.05, 4.69) is 12.6 Å². The van der Waals surface area contributed by atoms with Gasteiger partial charge in [0.05, 0.1) is 5.52 Å². The van der Waals surface area contributed by atoms with Gasteiger partial charge in [0.2, 0.25) is 0 Å². The summed E-state index contributed by atoms with van der Waals surface area (Å²) in [7, 11) is 3.22. The van der Waals surface area contributed by atoms with Crippen molar-refractivity contribution >= 4 is 34.7 Å². The summed E-state index contributed by atoms with van der Waals surface area (Å²) in [4.78, 5) is 23.7. The zero-order valence-corrected chi connectivity index (χ0v) is 9.69. The molecule has 0 bridgehead atoms. The Morgan fingerprint density at radius 1 is 1.50 bits per heavy atom. The number of anilines is 1. The van der Waals surface area contributed by atoms with Crippen molar-refractivity contribution in [2.24, 2.45) is 7.05 Å². The molecular formula is C10H10N2O3S. The molecule has 0 aliphatic rings. The third kappa shape index (κ3) is 1.61. The van der Waals surface area contributed by atoms with E-state index in [1.807, 2.05) is 0 Å². The number of aromatic nitrogens is 1. The van der Waals surface area contributed by atoms with E-state index in [9.17, 15) is 9.59 Å². The first-order valence-corrected chi connectivity index (χ1v) is 5.01. The summed E-state index contributed by atoms with van der Waals surface area (Å²) >= 11 is 3.72. The number of carbonyl (C=O) groups is 1. The van der Waals surface area contributed by atoms with Gasteiger partial charge in [0, 0.05) is 19.8 Å². The Morgan fingerprint density at radius 3 is 2.81 bits per heavy atom. The first-order chi connectivity index (χ1) is 7.50. The molecule has 16 heavy (non-hydrogen) atoms. The SMILES string of the molecule is CN(C(=O)S)c1ccc2oc(=O)n(C)c2c1. The highest BCUT2D eigenvalue weighted by molar-refractivity contribution is 7.96. The van der Waals surface area contributed by atoms with Crippen LogP contribution in [-0.4, -0.2) is 16.9 Å². The normalized spacial score (nSPS) is 10.7. The molecule has 1 heterocycles. The quantitative estimate of drug-likeness (QED) is 0.768. The number of aryl methyl sites for hydroxylation is 1. The molecular weight excluding hydrogens is 228 g/mol. The van der Waals surface area contributed by atoms with Crippen LogP contribution >= 0.6 is 12.6 Å². The molecule has 0 saturated carbocycles. The van der Waals surface area contributed by atoms with Crippen LogP contribution in [0.25, 0.3) is 11.1 Å². The zero-order valence-electron chi connectivity index (χ0n) is 8.80. The molecule has 0 fully saturated rings. The molecule has 1 amide bonds. The standard InChI is InChI=1S/C10H10N2O3S/c1-11(10(14)16)6-3-4-8-7(5-6)12(2)9(13)15-8/h3-5H,1-2H3,(H,14,16). The van der Waals surface area contributed by atoms with E-state index >= 15 is 0 Å². The smallest absolute Gasteiger partial charge is 0.408 e. The van der Waals surface area contributed by atoms with E-state index in [4.69, 9.17) is 4.42 Å². The minimum atomic E-state index is -0.424. The summed E-state index contributed by atoms with van der Waals surface area (Å²) in [5.41, 5.74) is 1.80. The number of thiol groups is 1. The third-order valence-electron chi connectivity index (χ3n) is 2.45. The largest absolute Gasteiger partial charge is 0.419 e. The van der Waals surface area contributed by atoms with Crippen LogP contribution in [0.4, 0.5) is 10.5 Å². The lowest BCUT2D eigenvalue weighted by Crippen LogP contribution is -2.19. The summed E-state index contributed by atoms with van der Waals surface area (Å²) in [6.45, 7) is 0. The molecule has 2 aromatic rings. The minimum Gasteiger partial charge on any atom is -0.408 e. The van der Waals surface area contributed by atoms with Crippen LogP contribution < -0.4 is 10.7 Å². The second kappa shape index (κ2) is 3.71. The molecule has 0 saturated heterocycles. The summed E-state index contributed by atoms with van der Waals surface area (Å²) in [5, 5.41) is -0.368. The highest BCUT2D eigenvalue weighted by atomic mass is 32.1. The van der Waals surface area contributed by atoms with Gasteiger partial charge in [-0.3, -0.25) is 9.36 Å². The first-order valence-electron chi connectivity index (χ1n) is 4.57. The maximum atomic E-state index is 11.3. The van der Waals surface area contributed by atoms with Gasteiger partial charge in [-0.2, -0.15) is 0 Å². The van der Waals surface area contributed by atoms with Crippen molar-refractivity contribution in [2.75, 3.05) is 11.9 Å². The second-order valence-corrected chi connectivity index (χ2v) is 3.80. The van der Waals surface area contributed by atoms with Crippen molar-refractivity contribution in [3.8, 4) is 0 Å². The Hall–Kier alpha value is -1.69. The molecule has 84 valence electrons. The number of hydrogen-bond acceptors (Lipinski definition) is 3. The van der Waals surface area contributed by atoms with E-state index in [1.54, 1.807) is 32.3 Å². The maximum absolute atomic E-state index is 11.3. The molecule has 0 radical (unpaired) electrons. The number of oxazole rings is 1. The van der Waals surface area contributed by atoms with Crippen molar-refractivity contribution in [2.45, 2.75) is 0 Å². The molecule has 1 aromatic carbocycles. The fourth-order valence-corrected chi connectivity index (χ4v) is 1.55. The second-order valence-electron chi connectivity index (χ2n) is 3.42. The predicted molar refractivity (Wildman–Crippen MR) is 64.2 cm³/mol. The Morgan fingerprint density at radius 2 is 2.19 bits per heavy atom. The summed E-state index contributed by atoms with van der Waals surface area (Å²) in [5.74, 6) is -0.424. The van der Waals surface area contributed by atoms with Gasteiger partial charge in [-0.25, -0.2) is 4.79 Å². The monoisotopic (exact) mass is 238 g/mol. The summed E-state index contributed by atoms with van der Waals surface area (Å²) < 4.78 is 6.36. The Labute approximate surface area is 96.7 Å². The Balaban J connectivity index is 2.63. The van der Waals surface area contributed by atoms with E-state index in [-0.39, 0.29) is 5.24 Å².